The third-order valence-corrected chi connectivity index (χ3v) is 2.17. The molecule has 1 atom stereocenters. The largest absolute Gasteiger partial charge is 0.389 e. The van der Waals surface area contributed by atoms with Crippen molar-refractivity contribution >= 4 is 18.3 Å². The summed E-state index contributed by atoms with van der Waals surface area (Å²) in [5.41, 5.74) is 0. The summed E-state index contributed by atoms with van der Waals surface area (Å²) >= 11 is 0. The third-order valence-electron chi connectivity index (χ3n) is 2.17. The first-order chi connectivity index (χ1) is 7.49. The van der Waals surface area contributed by atoms with Crippen LogP contribution in [-0.4, -0.2) is 44.4 Å². The second-order valence-corrected chi connectivity index (χ2v) is 3.59. The molecule has 0 aliphatic carbocycles. The monoisotopic (exact) mass is 276 g/mol. The number of hydrogen-bond acceptors (Lipinski definition) is 3. The molecular weight excluding hydrogens is 261 g/mol. The number of nitrogens with one attached hydrogen (secondary N) is 2. The zero-order chi connectivity index (χ0) is 12.0. The van der Waals surface area contributed by atoms with Crippen LogP contribution in [0.1, 0.15) is 12.8 Å². The fourth-order valence-corrected chi connectivity index (χ4v) is 1.36. The maximum Gasteiger partial charge on any atom is 0.389 e. The highest BCUT2D eigenvalue weighted by Crippen LogP contribution is 2.20. The highest BCUT2D eigenvalue weighted by atomic mass is 35.5. The van der Waals surface area contributed by atoms with E-state index >= 15 is 0 Å². The van der Waals surface area contributed by atoms with Gasteiger partial charge in [-0.25, -0.2) is 0 Å². The van der Waals surface area contributed by atoms with Crippen molar-refractivity contribution in [2.45, 2.75) is 25.1 Å². The average molecular weight is 277 g/mol. The molecule has 102 valence electrons. The van der Waals surface area contributed by atoms with Crippen LogP contribution in [0, 0.1) is 0 Å². The summed E-state index contributed by atoms with van der Waals surface area (Å²) in [7, 11) is 0. The van der Waals surface area contributed by atoms with Gasteiger partial charge in [0, 0.05) is 19.5 Å². The van der Waals surface area contributed by atoms with E-state index < -0.39 is 18.6 Å². The molecule has 0 bridgehead atoms. The molecular formula is C9H16ClF3N2O2. The Labute approximate surface area is 104 Å². The summed E-state index contributed by atoms with van der Waals surface area (Å²) in [6, 6.07) is -0.445. The molecule has 1 fully saturated rings. The van der Waals surface area contributed by atoms with Crippen LogP contribution in [0.25, 0.3) is 0 Å². The summed E-state index contributed by atoms with van der Waals surface area (Å²) in [5.74, 6) is -0.304. The second kappa shape index (κ2) is 7.73. The Morgan fingerprint density at radius 1 is 1.47 bits per heavy atom. The van der Waals surface area contributed by atoms with Crippen LogP contribution in [0.2, 0.25) is 0 Å². The predicted octanol–water partition coefficient (Wildman–Crippen LogP) is 0.855. The highest BCUT2D eigenvalue weighted by Gasteiger charge is 2.26. The van der Waals surface area contributed by atoms with Gasteiger partial charge in [0.05, 0.1) is 13.2 Å². The van der Waals surface area contributed by atoms with Gasteiger partial charge in [-0.1, -0.05) is 0 Å². The van der Waals surface area contributed by atoms with E-state index in [2.05, 4.69) is 10.6 Å². The van der Waals surface area contributed by atoms with Gasteiger partial charge >= 0.3 is 6.18 Å². The van der Waals surface area contributed by atoms with Crippen molar-refractivity contribution in [3.05, 3.63) is 0 Å². The van der Waals surface area contributed by atoms with E-state index in [-0.39, 0.29) is 37.9 Å². The molecule has 1 amide bonds. The smallest absolute Gasteiger partial charge is 0.378 e. The van der Waals surface area contributed by atoms with Gasteiger partial charge in [0.2, 0.25) is 5.91 Å². The van der Waals surface area contributed by atoms with Crippen molar-refractivity contribution in [3.63, 3.8) is 0 Å². The summed E-state index contributed by atoms with van der Waals surface area (Å²) in [6.07, 6.45) is -5.12. The molecule has 17 heavy (non-hydrogen) atoms. The normalized spacial score (nSPS) is 20.5. The topological polar surface area (TPSA) is 50.4 Å². The van der Waals surface area contributed by atoms with E-state index in [0.29, 0.717) is 13.2 Å². The van der Waals surface area contributed by atoms with Gasteiger partial charge in [-0.2, -0.15) is 13.2 Å². The van der Waals surface area contributed by atoms with Gasteiger partial charge in [0.1, 0.15) is 6.04 Å². The number of carbonyl (C=O) groups is 1. The molecule has 1 aliphatic rings. The molecule has 0 saturated carbocycles. The Morgan fingerprint density at radius 3 is 2.71 bits per heavy atom. The molecule has 0 radical (unpaired) electrons. The van der Waals surface area contributed by atoms with Crippen molar-refractivity contribution < 1.29 is 22.7 Å². The van der Waals surface area contributed by atoms with Crippen LogP contribution in [-0.2, 0) is 9.53 Å². The van der Waals surface area contributed by atoms with E-state index in [1.807, 2.05) is 0 Å². The van der Waals surface area contributed by atoms with Crippen molar-refractivity contribution in [2.24, 2.45) is 0 Å². The number of halogens is 4. The van der Waals surface area contributed by atoms with Crippen LogP contribution in [0.15, 0.2) is 0 Å². The van der Waals surface area contributed by atoms with E-state index in [9.17, 15) is 18.0 Å². The minimum absolute atomic E-state index is 0. The standard InChI is InChI=1S/C9H15F3N2O2.ClH/c10-9(11,12)2-1-3-14-8(15)7-6-16-5-4-13-7;/h7,13H,1-6H2,(H,14,15);1H. The van der Waals surface area contributed by atoms with Crippen LogP contribution >= 0.6 is 12.4 Å². The second-order valence-electron chi connectivity index (χ2n) is 3.59. The molecule has 8 heteroatoms. The first kappa shape index (κ1) is 16.5. The zero-order valence-electron chi connectivity index (χ0n) is 9.18. The maximum absolute atomic E-state index is 11.8. The number of carbonyl (C=O) groups excluding carboxylic acids is 1. The lowest BCUT2D eigenvalue weighted by molar-refractivity contribution is -0.136. The molecule has 4 nitrogen and oxygen atoms in total. The number of amides is 1. The van der Waals surface area contributed by atoms with Gasteiger partial charge in [0.25, 0.3) is 0 Å². The Hall–Kier alpha value is -0.530. The fraction of sp³-hybridized carbons (Fsp3) is 0.889. The molecule has 1 saturated heterocycles. The lowest BCUT2D eigenvalue weighted by atomic mass is 10.2. The molecule has 0 aromatic heterocycles. The molecule has 0 aromatic rings. The highest BCUT2D eigenvalue weighted by molar-refractivity contribution is 5.85. The zero-order valence-corrected chi connectivity index (χ0v) is 10.00. The van der Waals surface area contributed by atoms with Gasteiger partial charge in [-0.3, -0.25) is 4.79 Å². The fourth-order valence-electron chi connectivity index (χ4n) is 1.36. The number of morpholine rings is 1. The lowest BCUT2D eigenvalue weighted by Gasteiger charge is -2.22. The SMILES string of the molecule is Cl.O=C(NCCCC(F)(F)F)C1COCCN1. The van der Waals surface area contributed by atoms with Gasteiger partial charge in [-0.05, 0) is 6.42 Å². The number of alkyl halides is 3. The number of hydrogen-bond donors (Lipinski definition) is 2. The van der Waals surface area contributed by atoms with E-state index in [1.165, 1.54) is 0 Å². The Kier molecular flexibility index (Phi) is 7.49. The predicted molar refractivity (Wildman–Crippen MR) is 58.2 cm³/mol. The molecule has 1 unspecified atom stereocenters. The number of ether oxygens (including phenoxy) is 1. The van der Waals surface area contributed by atoms with E-state index in [0.717, 1.165) is 0 Å². The minimum Gasteiger partial charge on any atom is -0.378 e. The summed E-state index contributed by atoms with van der Waals surface area (Å²) in [5, 5.41) is 5.36. The maximum atomic E-state index is 11.8. The van der Waals surface area contributed by atoms with Crippen LogP contribution in [0.4, 0.5) is 13.2 Å². The first-order valence-electron chi connectivity index (χ1n) is 5.14. The van der Waals surface area contributed by atoms with E-state index in [4.69, 9.17) is 4.74 Å². The minimum atomic E-state index is -4.16. The lowest BCUT2D eigenvalue weighted by Crippen LogP contribution is -2.51. The molecule has 1 aliphatic heterocycles. The van der Waals surface area contributed by atoms with Crippen LogP contribution < -0.4 is 10.6 Å². The third kappa shape index (κ3) is 7.40. The molecule has 0 spiro atoms. The summed E-state index contributed by atoms with van der Waals surface area (Å²) in [6.45, 7) is 1.44. The Morgan fingerprint density at radius 2 is 2.18 bits per heavy atom. The van der Waals surface area contributed by atoms with Crippen molar-refractivity contribution in [1.29, 1.82) is 0 Å². The Balaban J connectivity index is 0.00000256. The van der Waals surface area contributed by atoms with Gasteiger partial charge in [0.15, 0.2) is 0 Å². The molecule has 0 aromatic carbocycles. The molecule has 1 heterocycles. The van der Waals surface area contributed by atoms with Crippen LogP contribution in [0.3, 0.4) is 0 Å². The average Bonchev–Trinajstić information content (AvgIpc) is 2.24. The van der Waals surface area contributed by atoms with Crippen molar-refractivity contribution in [3.8, 4) is 0 Å². The van der Waals surface area contributed by atoms with Gasteiger partial charge in [-0.15, -0.1) is 12.4 Å². The first-order valence-corrected chi connectivity index (χ1v) is 5.14. The summed E-state index contributed by atoms with van der Waals surface area (Å²) in [4.78, 5) is 11.4. The van der Waals surface area contributed by atoms with Crippen molar-refractivity contribution in [1.82, 2.24) is 10.6 Å². The Bertz CT molecular complexity index is 233. The van der Waals surface area contributed by atoms with Gasteiger partial charge < -0.3 is 15.4 Å². The van der Waals surface area contributed by atoms with E-state index in [1.54, 1.807) is 0 Å². The van der Waals surface area contributed by atoms with Crippen molar-refractivity contribution in [2.75, 3.05) is 26.3 Å². The number of rotatable bonds is 4. The summed E-state index contributed by atoms with van der Waals surface area (Å²) < 4.78 is 40.4. The quantitative estimate of drug-likeness (QED) is 0.749. The molecule has 1 rings (SSSR count). The molecule has 2 N–H and O–H groups in total. The van der Waals surface area contributed by atoms with Crippen LogP contribution in [0.5, 0.6) is 0 Å².